The summed E-state index contributed by atoms with van der Waals surface area (Å²) in [6.07, 6.45) is 11.6. The minimum atomic E-state index is -0.596. The number of rotatable bonds is 1. The number of aliphatic carboxylic acids is 1. The second kappa shape index (κ2) is 6.14. The lowest BCUT2D eigenvalue weighted by atomic mass is 9.80. The van der Waals surface area contributed by atoms with Crippen LogP contribution in [-0.4, -0.2) is 11.1 Å². The van der Waals surface area contributed by atoms with E-state index in [9.17, 15) is 9.90 Å². The fraction of sp³-hybridized carbons (Fsp3) is 0.923. The van der Waals surface area contributed by atoms with Gasteiger partial charge in [-0.2, -0.15) is 0 Å². The van der Waals surface area contributed by atoms with Crippen molar-refractivity contribution in [2.24, 2.45) is 5.41 Å². The Kier molecular flexibility index (Phi) is 5.13. The Balaban J connectivity index is 2.49. The third-order valence-electron chi connectivity index (χ3n) is 3.72. The first-order valence-electron chi connectivity index (χ1n) is 6.38. The van der Waals surface area contributed by atoms with Gasteiger partial charge < -0.3 is 5.11 Å². The molecule has 2 heteroatoms. The maximum Gasteiger partial charge on any atom is 0.309 e. The van der Waals surface area contributed by atoms with Crippen molar-refractivity contribution in [3.63, 3.8) is 0 Å². The monoisotopic (exact) mass is 212 g/mol. The summed E-state index contributed by atoms with van der Waals surface area (Å²) < 4.78 is 0. The van der Waals surface area contributed by atoms with E-state index >= 15 is 0 Å². The molecule has 1 rings (SSSR count). The number of carboxylic acids is 1. The quantitative estimate of drug-likeness (QED) is 0.713. The Labute approximate surface area is 93.1 Å². The van der Waals surface area contributed by atoms with Crippen molar-refractivity contribution < 1.29 is 9.90 Å². The van der Waals surface area contributed by atoms with Gasteiger partial charge in [0.1, 0.15) is 0 Å². The van der Waals surface area contributed by atoms with Gasteiger partial charge in [-0.15, -0.1) is 0 Å². The zero-order chi connectivity index (χ0) is 11.1. The first-order chi connectivity index (χ1) is 7.15. The minimum absolute atomic E-state index is 0.454. The average Bonchev–Trinajstić information content (AvgIpc) is 2.24. The molecule has 0 aromatic heterocycles. The Hall–Kier alpha value is -0.530. The van der Waals surface area contributed by atoms with Crippen molar-refractivity contribution in [2.45, 2.75) is 71.1 Å². The SMILES string of the molecule is CC1(C(=O)O)CCCCCCCCCC1. The summed E-state index contributed by atoms with van der Waals surface area (Å²) in [5.41, 5.74) is -0.454. The summed E-state index contributed by atoms with van der Waals surface area (Å²) >= 11 is 0. The van der Waals surface area contributed by atoms with E-state index in [1.165, 1.54) is 38.5 Å². The van der Waals surface area contributed by atoms with E-state index in [1.54, 1.807) is 0 Å². The number of hydrogen-bond donors (Lipinski definition) is 1. The highest BCUT2D eigenvalue weighted by Crippen LogP contribution is 2.32. The standard InChI is InChI=1S/C13H24O2/c1-13(12(14)15)10-8-6-4-2-3-5-7-9-11-13/h2-11H2,1H3,(H,14,15). The van der Waals surface area contributed by atoms with Gasteiger partial charge in [0.05, 0.1) is 5.41 Å². The number of hydrogen-bond acceptors (Lipinski definition) is 1. The third-order valence-corrected chi connectivity index (χ3v) is 3.72. The summed E-state index contributed by atoms with van der Waals surface area (Å²) in [5.74, 6) is -0.596. The highest BCUT2D eigenvalue weighted by atomic mass is 16.4. The molecular formula is C13H24O2. The molecule has 1 fully saturated rings. The van der Waals surface area contributed by atoms with Crippen LogP contribution in [-0.2, 0) is 4.79 Å². The van der Waals surface area contributed by atoms with Crippen molar-refractivity contribution in [1.82, 2.24) is 0 Å². The predicted octanol–water partition coefficient (Wildman–Crippen LogP) is 3.99. The van der Waals surface area contributed by atoms with Crippen LogP contribution < -0.4 is 0 Å². The highest BCUT2D eigenvalue weighted by molar-refractivity contribution is 5.74. The number of carboxylic acid groups (broad SMARTS) is 1. The smallest absolute Gasteiger partial charge is 0.309 e. The summed E-state index contributed by atoms with van der Waals surface area (Å²) in [4.78, 5) is 11.2. The van der Waals surface area contributed by atoms with Gasteiger partial charge in [0, 0.05) is 0 Å². The van der Waals surface area contributed by atoms with Gasteiger partial charge in [-0.1, -0.05) is 51.4 Å². The largest absolute Gasteiger partial charge is 0.481 e. The minimum Gasteiger partial charge on any atom is -0.481 e. The zero-order valence-corrected chi connectivity index (χ0v) is 9.93. The van der Waals surface area contributed by atoms with Gasteiger partial charge in [-0.3, -0.25) is 4.79 Å². The van der Waals surface area contributed by atoms with Gasteiger partial charge in [-0.25, -0.2) is 0 Å². The highest BCUT2D eigenvalue weighted by Gasteiger charge is 2.31. The third kappa shape index (κ3) is 4.23. The molecule has 0 aliphatic heterocycles. The molecule has 15 heavy (non-hydrogen) atoms. The van der Waals surface area contributed by atoms with E-state index in [-0.39, 0.29) is 0 Å². The Morgan fingerprint density at radius 1 is 0.867 bits per heavy atom. The first-order valence-corrected chi connectivity index (χ1v) is 6.38. The molecule has 1 aliphatic rings. The molecule has 0 aromatic carbocycles. The van der Waals surface area contributed by atoms with Gasteiger partial charge >= 0.3 is 5.97 Å². The maximum atomic E-state index is 11.2. The summed E-state index contributed by atoms with van der Waals surface area (Å²) in [6.45, 7) is 1.92. The molecule has 0 heterocycles. The van der Waals surface area contributed by atoms with Crippen molar-refractivity contribution in [1.29, 1.82) is 0 Å². The zero-order valence-electron chi connectivity index (χ0n) is 9.93. The summed E-state index contributed by atoms with van der Waals surface area (Å²) in [6, 6.07) is 0. The molecule has 88 valence electrons. The molecule has 0 bridgehead atoms. The van der Waals surface area contributed by atoms with Gasteiger partial charge in [-0.05, 0) is 19.8 Å². The molecule has 0 unspecified atom stereocenters. The topological polar surface area (TPSA) is 37.3 Å². The van der Waals surface area contributed by atoms with Crippen LogP contribution in [0, 0.1) is 5.41 Å². The average molecular weight is 212 g/mol. The van der Waals surface area contributed by atoms with Gasteiger partial charge in [0.2, 0.25) is 0 Å². The molecule has 1 aliphatic carbocycles. The van der Waals surface area contributed by atoms with Crippen LogP contribution in [0.4, 0.5) is 0 Å². The van der Waals surface area contributed by atoms with Crippen molar-refractivity contribution in [3.05, 3.63) is 0 Å². The lowest BCUT2D eigenvalue weighted by Gasteiger charge is -2.24. The molecular weight excluding hydrogens is 188 g/mol. The van der Waals surface area contributed by atoms with Crippen molar-refractivity contribution >= 4 is 5.97 Å². The number of carbonyl (C=O) groups is 1. The molecule has 0 aromatic rings. The molecule has 1 saturated carbocycles. The normalized spacial score (nSPS) is 24.1. The van der Waals surface area contributed by atoms with Crippen LogP contribution in [0.2, 0.25) is 0 Å². The second-order valence-corrected chi connectivity index (χ2v) is 5.19. The fourth-order valence-corrected chi connectivity index (χ4v) is 2.43. The van der Waals surface area contributed by atoms with Crippen LogP contribution in [0.1, 0.15) is 71.1 Å². The van der Waals surface area contributed by atoms with E-state index in [2.05, 4.69) is 0 Å². The second-order valence-electron chi connectivity index (χ2n) is 5.19. The van der Waals surface area contributed by atoms with E-state index < -0.39 is 11.4 Å². The molecule has 0 spiro atoms. The molecule has 1 N–H and O–H groups in total. The van der Waals surface area contributed by atoms with E-state index in [4.69, 9.17) is 0 Å². The maximum absolute atomic E-state index is 11.2. The van der Waals surface area contributed by atoms with Crippen LogP contribution in [0.25, 0.3) is 0 Å². The van der Waals surface area contributed by atoms with Crippen molar-refractivity contribution in [2.75, 3.05) is 0 Å². The van der Waals surface area contributed by atoms with Crippen LogP contribution in [0.3, 0.4) is 0 Å². The molecule has 2 nitrogen and oxygen atoms in total. The Morgan fingerprint density at radius 2 is 1.20 bits per heavy atom. The van der Waals surface area contributed by atoms with Crippen LogP contribution >= 0.6 is 0 Å². The predicted molar refractivity (Wildman–Crippen MR) is 61.9 cm³/mol. The van der Waals surface area contributed by atoms with Gasteiger partial charge in [0.15, 0.2) is 0 Å². The van der Waals surface area contributed by atoms with Crippen LogP contribution in [0.5, 0.6) is 0 Å². The molecule has 0 saturated heterocycles. The van der Waals surface area contributed by atoms with E-state index in [1.807, 2.05) is 6.92 Å². The first kappa shape index (κ1) is 12.5. The Morgan fingerprint density at radius 3 is 1.53 bits per heavy atom. The molecule has 0 radical (unpaired) electrons. The van der Waals surface area contributed by atoms with E-state index in [0.717, 1.165) is 25.7 Å². The lowest BCUT2D eigenvalue weighted by molar-refractivity contribution is -0.149. The van der Waals surface area contributed by atoms with Crippen LogP contribution in [0.15, 0.2) is 0 Å². The Bertz CT molecular complexity index is 187. The summed E-state index contributed by atoms with van der Waals surface area (Å²) in [5, 5.41) is 9.25. The molecule has 0 atom stereocenters. The summed E-state index contributed by atoms with van der Waals surface area (Å²) in [7, 11) is 0. The fourth-order valence-electron chi connectivity index (χ4n) is 2.43. The van der Waals surface area contributed by atoms with Gasteiger partial charge in [0.25, 0.3) is 0 Å². The van der Waals surface area contributed by atoms with Crippen molar-refractivity contribution in [3.8, 4) is 0 Å². The molecule has 0 amide bonds. The lowest BCUT2D eigenvalue weighted by Crippen LogP contribution is -2.27. The van der Waals surface area contributed by atoms with E-state index in [0.29, 0.717) is 0 Å².